The van der Waals surface area contributed by atoms with Gasteiger partial charge in [0.25, 0.3) is 0 Å². The maximum atomic E-state index is 12.0. The molecule has 0 bridgehead atoms. The predicted molar refractivity (Wildman–Crippen MR) is 78.8 cm³/mol. The third-order valence-electron chi connectivity index (χ3n) is 3.37. The van der Waals surface area contributed by atoms with Crippen LogP contribution in [0, 0.1) is 0 Å². The lowest BCUT2D eigenvalue weighted by atomic mass is 10.1. The van der Waals surface area contributed by atoms with Crippen LogP contribution in [0.1, 0.15) is 31.7 Å². The smallest absolute Gasteiger partial charge is 0.339 e. The van der Waals surface area contributed by atoms with E-state index in [4.69, 9.17) is 13.9 Å². The lowest BCUT2D eigenvalue weighted by molar-refractivity contribution is 0.395. The van der Waals surface area contributed by atoms with E-state index in [9.17, 15) is 4.79 Å². The van der Waals surface area contributed by atoms with Gasteiger partial charge in [-0.3, -0.25) is 0 Å². The molecule has 4 heteroatoms. The van der Waals surface area contributed by atoms with Crippen molar-refractivity contribution >= 4 is 11.0 Å². The molecule has 1 heterocycles. The average molecular weight is 276 g/mol. The Morgan fingerprint density at radius 3 is 2.55 bits per heavy atom. The normalized spacial score (nSPS) is 10.8. The number of benzene rings is 1. The van der Waals surface area contributed by atoms with Crippen LogP contribution in [-0.4, -0.2) is 14.2 Å². The van der Waals surface area contributed by atoms with E-state index in [0.717, 1.165) is 31.1 Å². The molecule has 0 aliphatic carbocycles. The van der Waals surface area contributed by atoms with E-state index in [-0.39, 0.29) is 5.63 Å². The van der Waals surface area contributed by atoms with Crippen LogP contribution in [0.15, 0.2) is 27.4 Å². The van der Waals surface area contributed by atoms with E-state index >= 15 is 0 Å². The number of unbranched alkanes of at least 4 members (excludes halogenated alkanes) is 2. The quantitative estimate of drug-likeness (QED) is 0.598. The Bertz CT molecular complexity index is 643. The molecule has 0 aliphatic rings. The second-order valence-corrected chi connectivity index (χ2v) is 4.76. The Morgan fingerprint density at radius 2 is 1.90 bits per heavy atom. The fraction of sp³-hybridized carbons (Fsp3) is 0.438. The minimum atomic E-state index is -0.274. The van der Waals surface area contributed by atoms with E-state index in [0.29, 0.717) is 22.6 Å². The first kappa shape index (κ1) is 14.4. The van der Waals surface area contributed by atoms with Gasteiger partial charge in [0, 0.05) is 17.7 Å². The summed E-state index contributed by atoms with van der Waals surface area (Å²) in [6.45, 7) is 2.14. The van der Waals surface area contributed by atoms with E-state index in [1.54, 1.807) is 26.4 Å². The summed E-state index contributed by atoms with van der Waals surface area (Å²) in [5, 5.41) is 0.805. The SMILES string of the molecule is CCCCCc1cc2c(OC)cc(OC)cc2oc1=O. The number of hydrogen-bond donors (Lipinski definition) is 0. The molecule has 1 aromatic heterocycles. The van der Waals surface area contributed by atoms with Gasteiger partial charge in [0.2, 0.25) is 0 Å². The highest BCUT2D eigenvalue weighted by atomic mass is 16.5. The first-order valence-electron chi connectivity index (χ1n) is 6.88. The van der Waals surface area contributed by atoms with Crippen molar-refractivity contribution in [2.24, 2.45) is 0 Å². The van der Waals surface area contributed by atoms with E-state index in [1.165, 1.54) is 0 Å². The van der Waals surface area contributed by atoms with Gasteiger partial charge in [0.05, 0.1) is 19.6 Å². The lowest BCUT2D eigenvalue weighted by Crippen LogP contribution is -2.07. The highest BCUT2D eigenvalue weighted by molar-refractivity contribution is 5.85. The molecule has 0 fully saturated rings. The summed E-state index contributed by atoms with van der Waals surface area (Å²) in [5.74, 6) is 1.26. The average Bonchev–Trinajstić information content (AvgIpc) is 2.46. The van der Waals surface area contributed by atoms with Gasteiger partial charge in [0.15, 0.2) is 0 Å². The number of aryl methyl sites for hydroxylation is 1. The van der Waals surface area contributed by atoms with Crippen LogP contribution in [0.2, 0.25) is 0 Å². The van der Waals surface area contributed by atoms with Crippen molar-refractivity contribution in [3.05, 3.63) is 34.2 Å². The maximum absolute atomic E-state index is 12.0. The maximum Gasteiger partial charge on any atom is 0.339 e. The predicted octanol–water partition coefficient (Wildman–Crippen LogP) is 3.54. The van der Waals surface area contributed by atoms with Gasteiger partial charge in [-0.15, -0.1) is 0 Å². The molecular formula is C16H20O4. The molecule has 0 N–H and O–H groups in total. The number of rotatable bonds is 6. The topological polar surface area (TPSA) is 48.7 Å². The minimum Gasteiger partial charge on any atom is -0.496 e. The van der Waals surface area contributed by atoms with Crippen LogP contribution in [-0.2, 0) is 6.42 Å². The zero-order chi connectivity index (χ0) is 14.5. The molecule has 0 amide bonds. The summed E-state index contributed by atoms with van der Waals surface area (Å²) in [5.41, 5.74) is 0.920. The summed E-state index contributed by atoms with van der Waals surface area (Å²) in [7, 11) is 3.16. The molecule has 2 aromatic rings. The van der Waals surface area contributed by atoms with Crippen molar-refractivity contribution in [3.63, 3.8) is 0 Å². The van der Waals surface area contributed by atoms with Gasteiger partial charge in [-0.1, -0.05) is 19.8 Å². The van der Waals surface area contributed by atoms with Gasteiger partial charge in [-0.05, 0) is 18.9 Å². The van der Waals surface area contributed by atoms with Crippen LogP contribution in [0.5, 0.6) is 11.5 Å². The van der Waals surface area contributed by atoms with Crippen molar-refractivity contribution in [1.82, 2.24) is 0 Å². The molecule has 0 unspecified atom stereocenters. The van der Waals surface area contributed by atoms with Crippen molar-refractivity contribution in [1.29, 1.82) is 0 Å². The summed E-state index contributed by atoms with van der Waals surface area (Å²) < 4.78 is 15.9. The van der Waals surface area contributed by atoms with E-state index in [2.05, 4.69) is 6.92 Å². The van der Waals surface area contributed by atoms with Gasteiger partial charge in [0.1, 0.15) is 17.1 Å². The van der Waals surface area contributed by atoms with E-state index in [1.807, 2.05) is 6.07 Å². The zero-order valence-electron chi connectivity index (χ0n) is 12.2. The van der Waals surface area contributed by atoms with Crippen molar-refractivity contribution in [2.45, 2.75) is 32.6 Å². The summed E-state index contributed by atoms with van der Waals surface area (Å²) in [6.07, 6.45) is 3.96. The number of hydrogen-bond acceptors (Lipinski definition) is 4. The highest BCUT2D eigenvalue weighted by Crippen LogP contribution is 2.30. The Hall–Kier alpha value is -1.97. The van der Waals surface area contributed by atoms with Crippen molar-refractivity contribution in [2.75, 3.05) is 14.2 Å². The first-order valence-corrected chi connectivity index (χ1v) is 6.88. The standard InChI is InChI=1S/C16H20O4/c1-4-5-6-7-11-8-13-14(19-3)9-12(18-2)10-15(13)20-16(11)17/h8-10H,4-7H2,1-3H3. The monoisotopic (exact) mass is 276 g/mol. The lowest BCUT2D eigenvalue weighted by Gasteiger charge is -2.09. The third-order valence-corrected chi connectivity index (χ3v) is 3.37. The summed E-state index contributed by atoms with van der Waals surface area (Å²) >= 11 is 0. The molecule has 0 aliphatic heterocycles. The fourth-order valence-corrected chi connectivity index (χ4v) is 2.23. The molecule has 0 radical (unpaired) electrons. The Kier molecular flexibility index (Phi) is 4.66. The molecule has 1 aromatic carbocycles. The van der Waals surface area contributed by atoms with Crippen LogP contribution in [0.25, 0.3) is 11.0 Å². The number of methoxy groups -OCH3 is 2. The van der Waals surface area contributed by atoms with Crippen LogP contribution in [0.4, 0.5) is 0 Å². The second kappa shape index (κ2) is 6.46. The Morgan fingerprint density at radius 1 is 1.10 bits per heavy atom. The summed E-state index contributed by atoms with van der Waals surface area (Å²) in [4.78, 5) is 12.0. The Balaban J connectivity index is 2.48. The molecule has 0 atom stereocenters. The zero-order valence-corrected chi connectivity index (χ0v) is 12.2. The molecule has 108 valence electrons. The fourth-order valence-electron chi connectivity index (χ4n) is 2.23. The van der Waals surface area contributed by atoms with Crippen molar-refractivity contribution in [3.8, 4) is 11.5 Å². The number of fused-ring (bicyclic) bond motifs is 1. The molecule has 0 saturated carbocycles. The van der Waals surface area contributed by atoms with Gasteiger partial charge in [-0.2, -0.15) is 0 Å². The van der Waals surface area contributed by atoms with Gasteiger partial charge < -0.3 is 13.9 Å². The number of ether oxygens (including phenoxy) is 2. The Labute approximate surface area is 118 Å². The molecule has 20 heavy (non-hydrogen) atoms. The largest absolute Gasteiger partial charge is 0.496 e. The second-order valence-electron chi connectivity index (χ2n) is 4.76. The molecular weight excluding hydrogens is 256 g/mol. The van der Waals surface area contributed by atoms with Crippen LogP contribution in [0.3, 0.4) is 0 Å². The van der Waals surface area contributed by atoms with Crippen LogP contribution >= 0.6 is 0 Å². The van der Waals surface area contributed by atoms with Crippen molar-refractivity contribution < 1.29 is 13.9 Å². The molecule has 0 spiro atoms. The minimum absolute atomic E-state index is 0.274. The molecule has 4 nitrogen and oxygen atoms in total. The van der Waals surface area contributed by atoms with E-state index < -0.39 is 0 Å². The third kappa shape index (κ3) is 2.95. The van der Waals surface area contributed by atoms with Gasteiger partial charge in [-0.25, -0.2) is 4.79 Å². The highest BCUT2D eigenvalue weighted by Gasteiger charge is 2.11. The summed E-state index contributed by atoms with van der Waals surface area (Å²) in [6, 6.07) is 5.36. The van der Waals surface area contributed by atoms with Crippen LogP contribution < -0.4 is 15.1 Å². The molecule has 0 saturated heterocycles. The van der Waals surface area contributed by atoms with Gasteiger partial charge >= 0.3 is 5.63 Å². The molecule has 2 rings (SSSR count). The first-order chi connectivity index (χ1) is 9.69.